The lowest BCUT2D eigenvalue weighted by Crippen LogP contribution is -2.32. The predicted molar refractivity (Wildman–Crippen MR) is 76.2 cm³/mol. The summed E-state index contributed by atoms with van der Waals surface area (Å²) >= 11 is 0. The maximum absolute atomic E-state index is 5.90. The highest BCUT2D eigenvalue weighted by molar-refractivity contribution is 5.14. The van der Waals surface area contributed by atoms with E-state index in [2.05, 4.69) is 33.8 Å². The Balaban J connectivity index is 1.59. The van der Waals surface area contributed by atoms with Crippen molar-refractivity contribution in [1.29, 1.82) is 0 Å². The van der Waals surface area contributed by atoms with E-state index in [0.29, 0.717) is 13.2 Å². The summed E-state index contributed by atoms with van der Waals surface area (Å²) in [6.07, 6.45) is 8.33. The van der Waals surface area contributed by atoms with E-state index in [1.165, 1.54) is 5.56 Å². The fourth-order valence-electron chi connectivity index (χ4n) is 2.61. The Kier molecular flexibility index (Phi) is 4.14. The maximum Gasteiger partial charge on any atom is 0.170 e. The van der Waals surface area contributed by atoms with Gasteiger partial charge in [0.25, 0.3) is 0 Å². The fourth-order valence-corrected chi connectivity index (χ4v) is 2.61. The first kappa shape index (κ1) is 13.3. The average molecular weight is 272 g/mol. The van der Waals surface area contributed by atoms with Crippen LogP contribution in [0.25, 0.3) is 0 Å². The molecular weight excluding hydrogens is 252 g/mol. The Labute approximate surface area is 119 Å². The minimum atomic E-state index is -0.430. The van der Waals surface area contributed by atoms with E-state index in [1.54, 1.807) is 6.20 Å². The fraction of sp³-hybridized carbons (Fsp3) is 0.438. The van der Waals surface area contributed by atoms with Crippen LogP contribution in [0.1, 0.15) is 18.4 Å². The van der Waals surface area contributed by atoms with E-state index in [0.717, 1.165) is 25.8 Å². The van der Waals surface area contributed by atoms with Crippen LogP contribution in [-0.4, -0.2) is 28.6 Å². The zero-order valence-electron chi connectivity index (χ0n) is 11.6. The number of ether oxygens (including phenoxy) is 2. The third-order valence-corrected chi connectivity index (χ3v) is 3.76. The molecule has 0 atom stereocenters. The number of hydrogen-bond acceptors (Lipinski definition) is 3. The van der Waals surface area contributed by atoms with Crippen molar-refractivity contribution in [3.63, 3.8) is 0 Å². The summed E-state index contributed by atoms with van der Waals surface area (Å²) in [7, 11) is 0. The van der Waals surface area contributed by atoms with Crippen LogP contribution < -0.4 is 0 Å². The Morgan fingerprint density at radius 2 is 1.90 bits per heavy atom. The van der Waals surface area contributed by atoms with E-state index < -0.39 is 5.79 Å². The maximum atomic E-state index is 5.90. The van der Waals surface area contributed by atoms with Gasteiger partial charge in [0.15, 0.2) is 5.79 Å². The van der Waals surface area contributed by atoms with Crippen molar-refractivity contribution in [3.8, 4) is 0 Å². The van der Waals surface area contributed by atoms with E-state index >= 15 is 0 Å². The summed E-state index contributed by atoms with van der Waals surface area (Å²) in [6.45, 7) is 2.26. The number of aryl methyl sites for hydroxylation is 2. The van der Waals surface area contributed by atoms with Gasteiger partial charge in [-0.1, -0.05) is 30.3 Å². The van der Waals surface area contributed by atoms with Gasteiger partial charge in [-0.3, -0.25) is 0 Å². The predicted octanol–water partition coefficient (Wildman–Crippen LogP) is 2.65. The quantitative estimate of drug-likeness (QED) is 0.811. The second kappa shape index (κ2) is 6.20. The molecule has 0 N–H and O–H groups in total. The molecule has 3 rings (SSSR count). The molecule has 106 valence electrons. The number of rotatable bonds is 6. The van der Waals surface area contributed by atoms with Gasteiger partial charge in [0.1, 0.15) is 0 Å². The first-order valence-electron chi connectivity index (χ1n) is 7.14. The number of nitrogens with zero attached hydrogens (tertiary/aromatic N) is 2. The van der Waals surface area contributed by atoms with Crippen molar-refractivity contribution in [3.05, 3.63) is 54.6 Å². The second-order valence-electron chi connectivity index (χ2n) is 5.14. The van der Waals surface area contributed by atoms with Crippen LogP contribution in [0, 0.1) is 0 Å². The summed E-state index contributed by atoms with van der Waals surface area (Å²) in [5, 5.41) is 0. The molecule has 2 aromatic rings. The molecule has 1 aromatic carbocycles. The smallest absolute Gasteiger partial charge is 0.170 e. The van der Waals surface area contributed by atoms with Gasteiger partial charge in [0.05, 0.1) is 19.5 Å². The Morgan fingerprint density at radius 3 is 2.60 bits per heavy atom. The number of imidazole rings is 1. The molecule has 4 nitrogen and oxygen atoms in total. The number of aromatic nitrogens is 2. The van der Waals surface area contributed by atoms with Crippen LogP contribution in [0.4, 0.5) is 0 Å². The van der Waals surface area contributed by atoms with Crippen molar-refractivity contribution in [1.82, 2.24) is 9.55 Å². The minimum Gasteiger partial charge on any atom is -0.347 e. The summed E-state index contributed by atoms with van der Waals surface area (Å²) in [5.74, 6) is -0.430. The lowest BCUT2D eigenvalue weighted by atomic mass is 10.0. The molecule has 1 aliphatic heterocycles. The highest BCUT2D eigenvalue weighted by atomic mass is 16.7. The van der Waals surface area contributed by atoms with E-state index in [-0.39, 0.29) is 0 Å². The summed E-state index contributed by atoms with van der Waals surface area (Å²) in [6, 6.07) is 10.5. The molecule has 1 aliphatic rings. The minimum absolute atomic E-state index is 0.430. The molecule has 2 heterocycles. The van der Waals surface area contributed by atoms with Crippen LogP contribution in [0.2, 0.25) is 0 Å². The third kappa shape index (κ3) is 3.26. The average Bonchev–Trinajstić information content (AvgIpc) is 3.17. The van der Waals surface area contributed by atoms with Gasteiger partial charge in [-0.25, -0.2) is 4.98 Å². The summed E-state index contributed by atoms with van der Waals surface area (Å²) in [4.78, 5) is 4.07. The molecule has 1 aromatic heterocycles. The molecule has 0 aliphatic carbocycles. The van der Waals surface area contributed by atoms with Crippen molar-refractivity contribution >= 4 is 0 Å². The molecule has 0 unspecified atom stereocenters. The van der Waals surface area contributed by atoms with Crippen molar-refractivity contribution < 1.29 is 9.47 Å². The van der Waals surface area contributed by atoms with E-state index in [4.69, 9.17) is 9.47 Å². The highest BCUT2D eigenvalue weighted by Crippen LogP contribution is 2.29. The van der Waals surface area contributed by atoms with Gasteiger partial charge in [-0.2, -0.15) is 0 Å². The van der Waals surface area contributed by atoms with Crippen LogP contribution in [-0.2, 0) is 22.4 Å². The van der Waals surface area contributed by atoms with Crippen molar-refractivity contribution in [2.24, 2.45) is 0 Å². The normalized spacial score (nSPS) is 17.4. The first-order chi connectivity index (χ1) is 9.86. The van der Waals surface area contributed by atoms with Crippen LogP contribution in [0.15, 0.2) is 49.1 Å². The molecule has 4 heteroatoms. The summed E-state index contributed by atoms with van der Waals surface area (Å²) in [5.41, 5.74) is 1.33. The molecule has 1 saturated heterocycles. The van der Waals surface area contributed by atoms with Gasteiger partial charge < -0.3 is 14.0 Å². The van der Waals surface area contributed by atoms with Gasteiger partial charge in [-0.05, 0) is 12.0 Å². The standard InChI is InChI=1S/C16H20N2O2/c1-2-4-15(5-3-1)6-7-16(19-12-13-20-16)8-10-18-11-9-17-14-18/h1-5,9,11,14H,6-8,10,12-13H2. The molecule has 1 fully saturated rings. The molecule has 0 amide bonds. The summed E-state index contributed by atoms with van der Waals surface area (Å²) < 4.78 is 13.9. The number of hydrogen-bond donors (Lipinski definition) is 0. The zero-order chi connectivity index (χ0) is 13.7. The molecule has 0 saturated carbocycles. The molecule has 0 bridgehead atoms. The lowest BCUT2D eigenvalue weighted by Gasteiger charge is -2.27. The molecule has 0 radical (unpaired) electrons. The van der Waals surface area contributed by atoms with Gasteiger partial charge in [-0.15, -0.1) is 0 Å². The monoisotopic (exact) mass is 272 g/mol. The van der Waals surface area contributed by atoms with E-state index in [1.807, 2.05) is 18.6 Å². The van der Waals surface area contributed by atoms with Gasteiger partial charge >= 0.3 is 0 Å². The Bertz CT molecular complexity index is 505. The van der Waals surface area contributed by atoms with Crippen molar-refractivity contribution in [2.45, 2.75) is 31.6 Å². The van der Waals surface area contributed by atoms with Crippen LogP contribution in [0.5, 0.6) is 0 Å². The van der Waals surface area contributed by atoms with Crippen LogP contribution in [0.3, 0.4) is 0 Å². The van der Waals surface area contributed by atoms with E-state index in [9.17, 15) is 0 Å². The van der Waals surface area contributed by atoms with Crippen LogP contribution >= 0.6 is 0 Å². The molecule has 0 spiro atoms. The topological polar surface area (TPSA) is 36.3 Å². The largest absolute Gasteiger partial charge is 0.347 e. The first-order valence-corrected chi connectivity index (χ1v) is 7.14. The van der Waals surface area contributed by atoms with Gasteiger partial charge in [0, 0.05) is 31.8 Å². The third-order valence-electron chi connectivity index (χ3n) is 3.76. The number of benzene rings is 1. The SMILES string of the molecule is c1ccc(CCC2(CCn3ccnc3)OCCO2)cc1. The highest BCUT2D eigenvalue weighted by Gasteiger charge is 2.35. The molecular formula is C16H20N2O2. The molecule has 20 heavy (non-hydrogen) atoms. The second-order valence-corrected chi connectivity index (χ2v) is 5.14. The van der Waals surface area contributed by atoms with Crippen molar-refractivity contribution in [2.75, 3.05) is 13.2 Å². The zero-order valence-corrected chi connectivity index (χ0v) is 11.6. The van der Waals surface area contributed by atoms with Gasteiger partial charge in [0.2, 0.25) is 0 Å². The lowest BCUT2D eigenvalue weighted by molar-refractivity contribution is -0.168. The Hall–Kier alpha value is -1.65. The Morgan fingerprint density at radius 1 is 1.10 bits per heavy atom.